The number of hydrogen-bond acceptors (Lipinski definition) is 6. The molecular formula is C29H38ClN3O5. The lowest BCUT2D eigenvalue weighted by Crippen LogP contribution is -2.51. The number of nitrogens with zero attached hydrogens (tertiary/aromatic N) is 2. The highest BCUT2D eigenvalue weighted by atomic mass is 35.5. The minimum absolute atomic E-state index is 0.210. The summed E-state index contributed by atoms with van der Waals surface area (Å²) in [7, 11) is 0. The molecule has 38 heavy (non-hydrogen) atoms. The van der Waals surface area contributed by atoms with Crippen LogP contribution < -0.4 is 14.8 Å². The first-order valence-electron chi connectivity index (χ1n) is 13.2. The predicted octanol–water partition coefficient (Wildman–Crippen LogP) is 4.46. The van der Waals surface area contributed by atoms with Crippen LogP contribution in [0.4, 0.5) is 4.79 Å². The Kier molecular flexibility index (Phi) is 8.55. The van der Waals surface area contributed by atoms with Crippen molar-refractivity contribution in [3.05, 3.63) is 58.1 Å². The number of likely N-dealkylation sites (tertiary alicyclic amines) is 1. The number of imide groups is 1. The molecular weight excluding hydrogens is 506 g/mol. The van der Waals surface area contributed by atoms with Crippen LogP contribution in [-0.2, 0) is 11.3 Å². The van der Waals surface area contributed by atoms with Gasteiger partial charge in [-0.1, -0.05) is 23.7 Å². The number of halogens is 1. The van der Waals surface area contributed by atoms with Crippen molar-refractivity contribution < 1.29 is 24.2 Å². The molecule has 4 rings (SSSR count). The molecule has 0 aromatic heterocycles. The fourth-order valence-electron chi connectivity index (χ4n) is 5.05. The van der Waals surface area contributed by atoms with E-state index in [9.17, 15) is 14.7 Å². The first-order valence-corrected chi connectivity index (χ1v) is 13.5. The second-order valence-electron chi connectivity index (χ2n) is 11.1. The number of rotatable bonds is 10. The quantitative estimate of drug-likeness (QED) is 0.339. The second kappa shape index (κ2) is 11.5. The zero-order valence-corrected chi connectivity index (χ0v) is 23.4. The number of carbonyl (C=O) groups is 2. The Morgan fingerprint density at radius 1 is 1.05 bits per heavy atom. The molecule has 2 heterocycles. The standard InChI is InChI=1S/C29H38ClN3O5/c1-20-15-24(16-21(2)25(20)30)38-19-29(36)11-5-12-32(18-29)17-22-7-9-23(10-8-22)37-14-6-13-33-26(34)28(3,4)31-27(33)35/h7-10,15-16,36H,5-6,11-14,17-19H2,1-4H3,(H,31,35). The van der Waals surface area contributed by atoms with Crippen LogP contribution in [0, 0.1) is 13.8 Å². The zero-order chi connectivity index (χ0) is 27.5. The van der Waals surface area contributed by atoms with Crippen molar-refractivity contribution in [3.8, 4) is 11.5 Å². The zero-order valence-electron chi connectivity index (χ0n) is 22.7. The molecule has 0 spiro atoms. The highest BCUT2D eigenvalue weighted by Crippen LogP contribution is 2.28. The number of benzene rings is 2. The topological polar surface area (TPSA) is 91.3 Å². The Labute approximate surface area is 229 Å². The molecule has 206 valence electrons. The van der Waals surface area contributed by atoms with E-state index in [-0.39, 0.29) is 18.5 Å². The fraction of sp³-hybridized carbons (Fsp3) is 0.517. The van der Waals surface area contributed by atoms with Crippen LogP contribution >= 0.6 is 11.6 Å². The third-order valence-corrected chi connectivity index (χ3v) is 7.72. The van der Waals surface area contributed by atoms with Crippen molar-refractivity contribution in [2.45, 2.75) is 64.6 Å². The molecule has 8 nitrogen and oxygen atoms in total. The number of aryl methyl sites for hydroxylation is 2. The van der Waals surface area contributed by atoms with Gasteiger partial charge in [0.05, 0.1) is 6.61 Å². The van der Waals surface area contributed by atoms with E-state index in [4.69, 9.17) is 21.1 Å². The fourth-order valence-corrected chi connectivity index (χ4v) is 5.16. The van der Waals surface area contributed by atoms with Crippen molar-refractivity contribution in [2.24, 2.45) is 0 Å². The number of urea groups is 1. The van der Waals surface area contributed by atoms with Crippen LogP contribution in [0.3, 0.4) is 0 Å². The van der Waals surface area contributed by atoms with Gasteiger partial charge >= 0.3 is 6.03 Å². The molecule has 2 aliphatic heterocycles. The number of aliphatic hydroxyl groups is 1. The number of hydrogen-bond donors (Lipinski definition) is 2. The molecule has 2 aromatic carbocycles. The Morgan fingerprint density at radius 2 is 1.74 bits per heavy atom. The lowest BCUT2D eigenvalue weighted by molar-refractivity contribution is -0.130. The molecule has 2 N–H and O–H groups in total. The van der Waals surface area contributed by atoms with E-state index in [1.54, 1.807) is 13.8 Å². The maximum atomic E-state index is 12.3. The molecule has 2 fully saturated rings. The molecule has 0 radical (unpaired) electrons. The SMILES string of the molecule is Cc1cc(OCC2(O)CCCN(Cc3ccc(OCCCN4C(=O)NC(C)(C)C4=O)cc3)C2)cc(C)c1Cl. The van der Waals surface area contributed by atoms with Gasteiger partial charge in [0.25, 0.3) is 5.91 Å². The Balaban J connectivity index is 1.22. The molecule has 0 aliphatic carbocycles. The lowest BCUT2D eigenvalue weighted by atomic mass is 9.93. The minimum Gasteiger partial charge on any atom is -0.494 e. The van der Waals surface area contributed by atoms with E-state index in [2.05, 4.69) is 10.2 Å². The van der Waals surface area contributed by atoms with Crippen LogP contribution in [0.15, 0.2) is 36.4 Å². The summed E-state index contributed by atoms with van der Waals surface area (Å²) in [4.78, 5) is 27.7. The van der Waals surface area contributed by atoms with E-state index in [1.165, 1.54) is 4.90 Å². The van der Waals surface area contributed by atoms with Crippen LogP contribution in [-0.4, -0.2) is 70.8 Å². The molecule has 1 atom stereocenters. The van der Waals surface area contributed by atoms with Gasteiger partial charge in [-0.2, -0.15) is 0 Å². The smallest absolute Gasteiger partial charge is 0.325 e. The number of piperidine rings is 1. The highest BCUT2D eigenvalue weighted by molar-refractivity contribution is 6.32. The van der Waals surface area contributed by atoms with Gasteiger partial charge in [-0.15, -0.1) is 0 Å². The summed E-state index contributed by atoms with van der Waals surface area (Å²) < 4.78 is 11.8. The largest absolute Gasteiger partial charge is 0.494 e. The Hall–Kier alpha value is -2.81. The molecule has 1 unspecified atom stereocenters. The van der Waals surface area contributed by atoms with Gasteiger partial charge in [0.15, 0.2) is 0 Å². The van der Waals surface area contributed by atoms with Crippen molar-refractivity contribution in [1.29, 1.82) is 0 Å². The van der Waals surface area contributed by atoms with Crippen LogP contribution in [0.1, 0.15) is 49.8 Å². The van der Waals surface area contributed by atoms with E-state index in [0.29, 0.717) is 32.5 Å². The van der Waals surface area contributed by atoms with Crippen molar-refractivity contribution in [3.63, 3.8) is 0 Å². The van der Waals surface area contributed by atoms with Crippen LogP contribution in [0.5, 0.6) is 11.5 Å². The number of amides is 3. The molecule has 9 heteroatoms. The second-order valence-corrected chi connectivity index (χ2v) is 11.4. The van der Waals surface area contributed by atoms with E-state index in [1.807, 2.05) is 50.2 Å². The van der Waals surface area contributed by atoms with Crippen LogP contribution in [0.25, 0.3) is 0 Å². The summed E-state index contributed by atoms with van der Waals surface area (Å²) in [5.74, 6) is 1.26. The summed E-state index contributed by atoms with van der Waals surface area (Å²) in [6.07, 6.45) is 2.15. The van der Waals surface area contributed by atoms with Crippen molar-refractivity contribution in [2.75, 3.05) is 32.8 Å². The predicted molar refractivity (Wildman–Crippen MR) is 147 cm³/mol. The summed E-state index contributed by atoms with van der Waals surface area (Å²) in [5, 5.41) is 14.6. The molecule has 3 amide bonds. The number of ether oxygens (including phenoxy) is 2. The molecule has 0 saturated carbocycles. The summed E-state index contributed by atoms with van der Waals surface area (Å²) in [6.45, 7) is 10.4. The van der Waals surface area contributed by atoms with Gasteiger partial charge in [-0.05, 0) is 94.5 Å². The van der Waals surface area contributed by atoms with Crippen molar-refractivity contribution >= 4 is 23.5 Å². The Bertz CT molecular complexity index is 1150. The highest BCUT2D eigenvalue weighted by Gasteiger charge is 2.43. The minimum atomic E-state index is -0.911. The van der Waals surface area contributed by atoms with Gasteiger partial charge < -0.3 is 19.9 Å². The third-order valence-electron chi connectivity index (χ3n) is 7.12. The van der Waals surface area contributed by atoms with E-state index >= 15 is 0 Å². The number of nitrogens with one attached hydrogen (secondary N) is 1. The van der Waals surface area contributed by atoms with E-state index in [0.717, 1.165) is 52.7 Å². The van der Waals surface area contributed by atoms with Crippen LogP contribution in [0.2, 0.25) is 5.02 Å². The molecule has 2 aliphatic rings. The number of β-amino-alcohol motifs (C(OH)–C–C–N with tert-alkyl or cyclic N) is 1. The normalized spacial score (nSPS) is 21.5. The summed E-state index contributed by atoms with van der Waals surface area (Å²) in [6, 6.07) is 11.4. The molecule has 2 aromatic rings. The van der Waals surface area contributed by atoms with Gasteiger partial charge in [-0.3, -0.25) is 14.6 Å². The number of carbonyl (C=O) groups excluding carboxylic acids is 2. The van der Waals surface area contributed by atoms with Crippen molar-refractivity contribution in [1.82, 2.24) is 15.1 Å². The van der Waals surface area contributed by atoms with Gasteiger partial charge in [0.2, 0.25) is 0 Å². The monoisotopic (exact) mass is 543 g/mol. The first kappa shape index (κ1) is 28.2. The molecule has 2 saturated heterocycles. The first-order chi connectivity index (χ1) is 18.0. The lowest BCUT2D eigenvalue weighted by Gasteiger charge is -2.39. The average molecular weight is 544 g/mol. The summed E-state index contributed by atoms with van der Waals surface area (Å²) >= 11 is 6.26. The summed E-state index contributed by atoms with van der Waals surface area (Å²) in [5.41, 5.74) is 1.30. The maximum absolute atomic E-state index is 12.3. The Morgan fingerprint density at radius 3 is 2.37 bits per heavy atom. The average Bonchev–Trinajstić information content (AvgIpc) is 3.06. The third kappa shape index (κ3) is 6.79. The molecule has 0 bridgehead atoms. The van der Waals surface area contributed by atoms with Gasteiger partial charge in [0.1, 0.15) is 29.2 Å². The van der Waals surface area contributed by atoms with E-state index < -0.39 is 11.1 Å². The maximum Gasteiger partial charge on any atom is 0.325 e. The van der Waals surface area contributed by atoms with Gasteiger partial charge in [-0.25, -0.2) is 4.79 Å². The van der Waals surface area contributed by atoms with Gasteiger partial charge in [0, 0.05) is 24.7 Å².